The number of ether oxygens (including phenoxy) is 3. The maximum atomic E-state index is 6.83. The molecule has 0 N–H and O–H groups in total. The third kappa shape index (κ3) is 8.48. The van der Waals surface area contributed by atoms with E-state index in [9.17, 15) is 0 Å². The fraction of sp³-hybridized carbons (Fsp3) is 0.923. The minimum Gasteiger partial charge on any atom is -0.403 e. The van der Waals surface area contributed by atoms with E-state index in [0.29, 0.717) is 5.54 Å². The Labute approximate surface area is 193 Å². The zero-order chi connectivity index (χ0) is 23.1. The SMILES string of the molecule is CC(C)[Si](C)(C)OC1C#CC(OC2CCCCO2)C(C)(C)CCCOCCCC1(C)C. The average Bonchev–Trinajstić information content (AvgIpc) is 2.69. The van der Waals surface area contributed by atoms with Crippen LogP contribution in [0.15, 0.2) is 0 Å². The second-order valence-electron chi connectivity index (χ2n) is 11.7. The predicted octanol–water partition coefficient (Wildman–Crippen LogP) is 6.54. The monoisotopic (exact) mass is 452 g/mol. The van der Waals surface area contributed by atoms with Gasteiger partial charge in [0.25, 0.3) is 0 Å². The molecule has 5 heteroatoms. The zero-order valence-corrected chi connectivity index (χ0v) is 22.5. The molecule has 4 nitrogen and oxygen atoms in total. The number of hydrogen-bond donors (Lipinski definition) is 0. The van der Waals surface area contributed by atoms with Crippen molar-refractivity contribution in [2.45, 2.75) is 124 Å². The van der Waals surface area contributed by atoms with Crippen molar-refractivity contribution in [3.8, 4) is 11.8 Å². The zero-order valence-electron chi connectivity index (χ0n) is 21.5. The highest BCUT2D eigenvalue weighted by Gasteiger charge is 2.38. The van der Waals surface area contributed by atoms with E-state index >= 15 is 0 Å². The molecule has 0 aromatic heterocycles. The summed E-state index contributed by atoms with van der Waals surface area (Å²) in [5.74, 6) is 7.16. The van der Waals surface area contributed by atoms with Crippen LogP contribution in [-0.4, -0.2) is 46.6 Å². The third-order valence-corrected chi connectivity index (χ3v) is 10.8. The van der Waals surface area contributed by atoms with Crippen LogP contribution >= 0.6 is 0 Å². The highest BCUT2D eigenvalue weighted by molar-refractivity contribution is 6.72. The summed E-state index contributed by atoms with van der Waals surface area (Å²) in [5.41, 5.74) is 0.419. The lowest BCUT2D eigenvalue weighted by molar-refractivity contribution is -0.195. The van der Waals surface area contributed by atoms with Gasteiger partial charge in [0.05, 0.1) is 0 Å². The fourth-order valence-electron chi connectivity index (χ4n) is 3.98. The Hall–Kier alpha value is -0.383. The standard InChI is InChI=1S/C26H48O4Si/c1-21(2)31(7,8)30-23-15-14-22(29-24-13-9-10-20-28-24)25(3,4)16-11-18-27-19-12-17-26(23,5)6/h21-24H,9-13,16-20H2,1-8H3. The first-order chi connectivity index (χ1) is 14.4. The van der Waals surface area contributed by atoms with E-state index in [-0.39, 0.29) is 29.3 Å². The second-order valence-corrected chi connectivity index (χ2v) is 16.3. The minimum atomic E-state index is -1.86. The van der Waals surface area contributed by atoms with Gasteiger partial charge in [-0.1, -0.05) is 53.4 Å². The molecule has 3 unspecified atom stereocenters. The van der Waals surface area contributed by atoms with Gasteiger partial charge in [0.1, 0.15) is 12.2 Å². The lowest BCUT2D eigenvalue weighted by Crippen LogP contribution is -2.44. The maximum Gasteiger partial charge on any atom is 0.191 e. The summed E-state index contributed by atoms with van der Waals surface area (Å²) in [4.78, 5) is 0. The molecule has 2 heterocycles. The Morgan fingerprint density at radius 2 is 1.42 bits per heavy atom. The van der Waals surface area contributed by atoms with Crippen molar-refractivity contribution in [3.05, 3.63) is 0 Å². The molecule has 0 aliphatic carbocycles. The normalized spacial score (nSPS) is 30.4. The van der Waals surface area contributed by atoms with Crippen LogP contribution in [0.5, 0.6) is 0 Å². The van der Waals surface area contributed by atoms with Gasteiger partial charge in [-0.25, -0.2) is 0 Å². The van der Waals surface area contributed by atoms with Gasteiger partial charge in [-0.3, -0.25) is 0 Å². The van der Waals surface area contributed by atoms with Crippen LogP contribution in [0.25, 0.3) is 0 Å². The second kappa shape index (κ2) is 11.7. The first-order valence-corrected chi connectivity index (χ1v) is 15.5. The smallest absolute Gasteiger partial charge is 0.191 e. The fourth-order valence-corrected chi connectivity index (χ4v) is 5.24. The van der Waals surface area contributed by atoms with Crippen LogP contribution < -0.4 is 0 Å². The molecule has 0 bridgehead atoms. The Kier molecular flexibility index (Phi) is 10.1. The van der Waals surface area contributed by atoms with Crippen LogP contribution in [-0.2, 0) is 18.6 Å². The number of hydrogen-bond acceptors (Lipinski definition) is 4. The Morgan fingerprint density at radius 1 is 0.839 bits per heavy atom. The molecule has 0 spiro atoms. The van der Waals surface area contributed by atoms with Gasteiger partial charge < -0.3 is 18.6 Å². The van der Waals surface area contributed by atoms with Crippen LogP contribution in [0, 0.1) is 22.7 Å². The summed E-state index contributed by atoms with van der Waals surface area (Å²) in [7, 11) is -1.86. The van der Waals surface area contributed by atoms with Gasteiger partial charge >= 0.3 is 0 Å². The number of rotatable bonds is 5. The lowest BCUT2D eigenvalue weighted by atomic mass is 9.80. The predicted molar refractivity (Wildman–Crippen MR) is 131 cm³/mol. The van der Waals surface area contributed by atoms with E-state index in [1.54, 1.807) is 0 Å². The quantitative estimate of drug-likeness (QED) is 0.350. The molecule has 0 aromatic rings. The van der Waals surface area contributed by atoms with E-state index < -0.39 is 8.32 Å². The largest absolute Gasteiger partial charge is 0.403 e. The molecule has 180 valence electrons. The molecule has 0 aromatic carbocycles. The van der Waals surface area contributed by atoms with Crippen molar-refractivity contribution in [1.82, 2.24) is 0 Å². The summed E-state index contributed by atoms with van der Waals surface area (Å²) in [6, 6.07) is 0. The molecular weight excluding hydrogens is 404 g/mol. The van der Waals surface area contributed by atoms with Gasteiger partial charge in [-0.2, -0.15) is 0 Å². The first kappa shape index (κ1) is 26.9. The lowest BCUT2D eigenvalue weighted by Gasteiger charge is -2.39. The minimum absolute atomic E-state index is 0.0421. The maximum absolute atomic E-state index is 6.83. The van der Waals surface area contributed by atoms with Gasteiger partial charge in [0.15, 0.2) is 14.6 Å². The van der Waals surface area contributed by atoms with Crippen molar-refractivity contribution in [1.29, 1.82) is 0 Å². The van der Waals surface area contributed by atoms with Crippen molar-refractivity contribution < 1.29 is 18.6 Å². The molecule has 2 rings (SSSR count). The van der Waals surface area contributed by atoms with Crippen LogP contribution in [0.2, 0.25) is 18.6 Å². The highest BCUT2D eigenvalue weighted by Crippen LogP contribution is 2.36. The molecule has 0 saturated carbocycles. The Morgan fingerprint density at radius 3 is 1.97 bits per heavy atom. The van der Waals surface area contributed by atoms with Crippen LogP contribution in [0.4, 0.5) is 0 Å². The summed E-state index contributed by atoms with van der Waals surface area (Å²) in [5, 5.41) is 0. The van der Waals surface area contributed by atoms with E-state index in [2.05, 4.69) is 66.5 Å². The van der Waals surface area contributed by atoms with Gasteiger partial charge in [0.2, 0.25) is 0 Å². The summed E-state index contributed by atoms with van der Waals surface area (Å²) >= 11 is 0. The molecule has 1 saturated heterocycles. The van der Waals surface area contributed by atoms with Crippen molar-refractivity contribution in [2.75, 3.05) is 19.8 Å². The molecule has 0 amide bonds. The Bertz CT molecular complexity index is 596. The topological polar surface area (TPSA) is 36.9 Å². The first-order valence-electron chi connectivity index (χ1n) is 12.5. The van der Waals surface area contributed by atoms with Gasteiger partial charge in [-0.05, 0) is 63.6 Å². The molecule has 31 heavy (non-hydrogen) atoms. The summed E-state index contributed by atoms with van der Waals surface area (Å²) < 4.78 is 25.2. The molecular formula is C26H48O4Si. The third-order valence-electron chi connectivity index (χ3n) is 7.22. The average molecular weight is 453 g/mol. The summed E-state index contributed by atoms with van der Waals surface area (Å²) in [6.45, 7) is 20.7. The van der Waals surface area contributed by atoms with Crippen molar-refractivity contribution in [2.24, 2.45) is 10.8 Å². The molecule has 3 atom stereocenters. The van der Waals surface area contributed by atoms with E-state index in [0.717, 1.165) is 64.8 Å². The van der Waals surface area contributed by atoms with Crippen molar-refractivity contribution in [3.63, 3.8) is 0 Å². The molecule has 1 fully saturated rings. The van der Waals surface area contributed by atoms with E-state index in [4.69, 9.17) is 18.6 Å². The molecule has 2 aliphatic heterocycles. The van der Waals surface area contributed by atoms with Gasteiger partial charge in [-0.15, -0.1) is 0 Å². The van der Waals surface area contributed by atoms with Crippen LogP contribution in [0.1, 0.15) is 86.5 Å². The van der Waals surface area contributed by atoms with Gasteiger partial charge in [0, 0.05) is 30.7 Å². The summed E-state index contributed by atoms with van der Waals surface area (Å²) in [6.07, 6.45) is 6.92. The van der Waals surface area contributed by atoms with Crippen LogP contribution in [0.3, 0.4) is 0 Å². The Balaban J connectivity index is 2.35. The molecule has 2 aliphatic rings. The molecule has 0 radical (unpaired) electrons. The van der Waals surface area contributed by atoms with Crippen molar-refractivity contribution >= 4 is 8.32 Å². The highest BCUT2D eigenvalue weighted by atomic mass is 28.4. The van der Waals surface area contributed by atoms with E-state index in [1.165, 1.54) is 0 Å². The van der Waals surface area contributed by atoms with E-state index in [1.807, 2.05) is 0 Å².